The van der Waals surface area contributed by atoms with Gasteiger partial charge in [0.15, 0.2) is 4.21 Å². The standard InChI is InChI=1S/C15H20N2O3S2/c1-11-5-6-12(13(9-11)17(2)3)10-16-22(18,19)15-14(20-4)7-8-21-15/h5-9,16H,10H2,1-4H3. The monoisotopic (exact) mass is 340 g/mol. The highest BCUT2D eigenvalue weighted by Crippen LogP contribution is 2.29. The second-order valence-electron chi connectivity index (χ2n) is 5.13. The third-order valence-corrected chi connectivity index (χ3v) is 6.08. The van der Waals surface area contributed by atoms with E-state index >= 15 is 0 Å². The van der Waals surface area contributed by atoms with E-state index in [-0.39, 0.29) is 10.8 Å². The van der Waals surface area contributed by atoms with Gasteiger partial charge in [0.2, 0.25) is 0 Å². The Hall–Kier alpha value is -1.57. The normalized spacial score (nSPS) is 11.5. The third-order valence-electron chi connectivity index (χ3n) is 3.23. The summed E-state index contributed by atoms with van der Waals surface area (Å²) < 4.78 is 32.7. The van der Waals surface area contributed by atoms with Gasteiger partial charge >= 0.3 is 0 Å². The lowest BCUT2D eigenvalue weighted by Crippen LogP contribution is -2.24. The largest absolute Gasteiger partial charge is 0.494 e. The summed E-state index contributed by atoms with van der Waals surface area (Å²) in [6.45, 7) is 2.24. The minimum atomic E-state index is -3.59. The maximum Gasteiger partial charge on any atom is 0.254 e. The average Bonchev–Trinajstić information content (AvgIpc) is 2.95. The molecule has 0 fully saturated rings. The highest BCUT2D eigenvalue weighted by atomic mass is 32.2. The first-order valence-electron chi connectivity index (χ1n) is 6.73. The Bertz CT molecular complexity index is 752. The molecule has 5 nitrogen and oxygen atoms in total. The number of thiophene rings is 1. The molecule has 0 atom stereocenters. The molecule has 0 aliphatic heterocycles. The van der Waals surface area contributed by atoms with Gasteiger partial charge in [0.25, 0.3) is 10.0 Å². The van der Waals surface area contributed by atoms with Crippen molar-refractivity contribution in [2.75, 3.05) is 26.1 Å². The van der Waals surface area contributed by atoms with E-state index in [0.717, 1.165) is 28.2 Å². The molecule has 0 aliphatic carbocycles. The van der Waals surface area contributed by atoms with Gasteiger partial charge in [-0.25, -0.2) is 13.1 Å². The molecule has 2 rings (SSSR count). The van der Waals surface area contributed by atoms with Crippen LogP contribution < -0.4 is 14.4 Å². The molecule has 7 heteroatoms. The number of aryl methyl sites for hydroxylation is 1. The van der Waals surface area contributed by atoms with Crippen molar-refractivity contribution in [2.24, 2.45) is 0 Å². The van der Waals surface area contributed by atoms with Crippen LogP contribution in [-0.2, 0) is 16.6 Å². The van der Waals surface area contributed by atoms with Crippen molar-refractivity contribution in [3.63, 3.8) is 0 Å². The van der Waals surface area contributed by atoms with Crippen LogP contribution in [0.25, 0.3) is 0 Å². The van der Waals surface area contributed by atoms with Crippen molar-refractivity contribution in [1.29, 1.82) is 0 Å². The van der Waals surface area contributed by atoms with E-state index in [4.69, 9.17) is 4.74 Å². The summed E-state index contributed by atoms with van der Waals surface area (Å²) in [5.74, 6) is 0.370. The number of hydrogen-bond acceptors (Lipinski definition) is 5. The first-order chi connectivity index (χ1) is 10.3. The zero-order valence-corrected chi connectivity index (χ0v) is 14.7. The van der Waals surface area contributed by atoms with Crippen molar-refractivity contribution in [2.45, 2.75) is 17.7 Å². The minimum absolute atomic E-state index is 0.202. The number of nitrogens with zero attached hydrogens (tertiary/aromatic N) is 1. The first-order valence-corrected chi connectivity index (χ1v) is 9.09. The Kier molecular flexibility index (Phi) is 5.10. The fourth-order valence-corrected chi connectivity index (χ4v) is 4.43. The number of sulfonamides is 1. The Balaban J connectivity index is 2.23. The molecule has 0 unspecified atom stereocenters. The SMILES string of the molecule is COc1ccsc1S(=O)(=O)NCc1ccc(C)cc1N(C)C. The van der Waals surface area contributed by atoms with Crippen LogP contribution in [-0.4, -0.2) is 29.6 Å². The average molecular weight is 340 g/mol. The van der Waals surface area contributed by atoms with Crippen LogP contribution in [0.15, 0.2) is 33.9 Å². The third kappa shape index (κ3) is 3.60. The number of rotatable bonds is 6. The van der Waals surface area contributed by atoms with Crippen molar-refractivity contribution >= 4 is 27.0 Å². The van der Waals surface area contributed by atoms with Gasteiger partial charge in [0, 0.05) is 26.3 Å². The second-order valence-corrected chi connectivity index (χ2v) is 8.01. The molecule has 0 spiro atoms. The smallest absolute Gasteiger partial charge is 0.254 e. The molecule has 1 aromatic heterocycles. The molecule has 0 radical (unpaired) electrons. The highest BCUT2D eigenvalue weighted by molar-refractivity contribution is 7.91. The van der Waals surface area contributed by atoms with Gasteiger partial charge in [-0.1, -0.05) is 12.1 Å². The second kappa shape index (κ2) is 6.68. The summed E-state index contributed by atoms with van der Waals surface area (Å²) in [4.78, 5) is 1.97. The molecular formula is C15H20N2O3S2. The molecular weight excluding hydrogens is 320 g/mol. The summed E-state index contributed by atoms with van der Waals surface area (Å²) >= 11 is 1.14. The molecule has 1 heterocycles. The quantitative estimate of drug-likeness (QED) is 0.878. The van der Waals surface area contributed by atoms with Crippen LogP contribution in [0.2, 0.25) is 0 Å². The zero-order valence-electron chi connectivity index (χ0n) is 13.1. The van der Waals surface area contributed by atoms with E-state index in [1.807, 2.05) is 44.1 Å². The van der Waals surface area contributed by atoms with Crippen molar-refractivity contribution in [3.8, 4) is 5.75 Å². The minimum Gasteiger partial charge on any atom is -0.494 e. The summed E-state index contributed by atoms with van der Waals surface area (Å²) in [6, 6.07) is 7.60. The van der Waals surface area contributed by atoms with Crippen LogP contribution in [0.4, 0.5) is 5.69 Å². The van der Waals surface area contributed by atoms with Gasteiger partial charge in [-0.2, -0.15) is 0 Å². The molecule has 2 aromatic rings. The lowest BCUT2D eigenvalue weighted by molar-refractivity contribution is 0.406. The van der Waals surface area contributed by atoms with E-state index in [0.29, 0.717) is 5.75 Å². The van der Waals surface area contributed by atoms with Crippen molar-refractivity contribution < 1.29 is 13.2 Å². The maximum atomic E-state index is 12.4. The fourth-order valence-electron chi connectivity index (χ4n) is 2.11. The number of methoxy groups -OCH3 is 1. The number of hydrogen-bond donors (Lipinski definition) is 1. The van der Waals surface area contributed by atoms with Gasteiger partial charge in [0.05, 0.1) is 7.11 Å². The molecule has 0 aliphatic rings. The predicted molar refractivity (Wildman–Crippen MR) is 90.4 cm³/mol. The Morgan fingerprint density at radius 1 is 1.27 bits per heavy atom. The number of ether oxygens (including phenoxy) is 1. The topological polar surface area (TPSA) is 58.6 Å². The lowest BCUT2D eigenvalue weighted by atomic mass is 10.1. The molecule has 0 saturated heterocycles. The highest BCUT2D eigenvalue weighted by Gasteiger charge is 2.21. The molecule has 0 bridgehead atoms. The molecule has 22 heavy (non-hydrogen) atoms. The zero-order chi connectivity index (χ0) is 16.3. The molecule has 0 saturated carbocycles. The lowest BCUT2D eigenvalue weighted by Gasteiger charge is -2.18. The first kappa shape index (κ1) is 16.8. The van der Waals surface area contributed by atoms with Gasteiger partial charge in [-0.05, 0) is 35.6 Å². The van der Waals surface area contributed by atoms with E-state index in [2.05, 4.69) is 4.72 Å². The van der Waals surface area contributed by atoms with Gasteiger partial charge in [-0.15, -0.1) is 11.3 Å². The number of benzene rings is 1. The Labute approximate surface area is 135 Å². The molecule has 120 valence electrons. The van der Waals surface area contributed by atoms with E-state index in [9.17, 15) is 8.42 Å². The Morgan fingerprint density at radius 3 is 2.64 bits per heavy atom. The van der Waals surface area contributed by atoms with Crippen LogP contribution in [0, 0.1) is 6.92 Å². The van der Waals surface area contributed by atoms with Gasteiger partial charge < -0.3 is 9.64 Å². The van der Waals surface area contributed by atoms with Crippen LogP contribution >= 0.6 is 11.3 Å². The molecule has 1 aromatic carbocycles. The summed E-state index contributed by atoms with van der Waals surface area (Å²) in [5.41, 5.74) is 3.06. The van der Waals surface area contributed by atoms with Crippen LogP contribution in [0.1, 0.15) is 11.1 Å². The summed E-state index contributed by atoms with van der Waals surface area (Å²) in [7, 11) is 1.76. The number of nitrogens with one attached hydrogen (secondary N) is 1. The van der Waals surface area contributed by atoms with Crippen molar-refractivity contribution in [1.82, 2.24) is 4.72 Å². The predicted octanol–water partition coefficient (Wildman–Crippen LogP) is 2.61. The van der Waals surface area contributed by atoms with Gasteiger partial charge in [0.1, 0.15) is 5.75 Å². The molecule has 0 amide bonds. The van der Waals surface area contributed by atoms with Crippen LogP contribution in [0.3, 0.4) is 0 Å². The summed E-state index contributed by atoms with van der Waals surface area (Å²) in [6.07, 6.45) is 0. The number of anilines is 1. The maximum absolute atomic E-state index is 12.4. The fraction of sp³-hybridized carbons (Fsp3) is 0.333. The van der Waals surface area contributed by atoms with E-state index in [1.54, 1.807) is 11.4 Å². The van der Waals surface area contributed by atoms with Crippen LogP contribution in [0.5, 0.6) is 5.75 Å². The molecule has 1 N–H and O–H groups in total. The van der Waals surface area contributed by atoms with Crippen molar-refractivity contribution in [3.05, 3.63) is 40.8 Å². The van der Waals surface area contributed by atoms with Gasteiger partial charge in [-0.3, -0.25) is 0 Å². The van der Waals surface area contributed by atoms with E-state index < -0.39 is 10.0 Å². The van der Waals surface area contributed by atoms with E-state index in [1.165, 1.54) is 7.11 Å². The summed E-state index contributed by atoms with van der Waals surface area (Å²) in [5, 5.41) is 1.70. The Morgan fingerprint density at radius 2 is 2.00 bits per heavy atom.